The van der Waals surface area contributed by atoms with E-state index in [0.717, 1.165) is 29.6 Å². The fourth-order valence-corrected chi connectivity index (χ4v) is 3.80. The van der Waals surface area contributed by atoms with Crippen LogP contribution in [0.5, 0.6) is 0 Å². The van der Waals surface area contributed by atoms with Gasteiger partial charge in [0.25, 0.3) is 0 Å². The van der Waals surface area contributed by atoms with Crippen molar-refractivity contribution >= 4 is 0 Å². The minimum atomic E-state index is 0.253. The third-order valence-corrected chi connectivity index (χ3v) is 5.24. The standard InChI is InChI=1S/C15H26O/c1-4-12(10-16)5-6-13-7-8-15(11(2)3)9-14(13)15/h5,11,13-14,16H,4,6-10H2,1-3H3. The van der Waals surface area contributed by atoms with E-state index in [0.29, 0.717) is 0 Å². The van der Waals surface area contributed by atoms with Crippen molar-refractivity contribution in [1.29, 1.82) is 0 Å². The van der Waals surface area contributed by atoms with Gasteiger partial charge in [0.05, 0.1) is 6.61 Å². The third-order valence-electron chi connectivity index (χ3n) is 5.24. The molecule has 0 aliphatic heterocycles. The summed E-state index contributed by atoms with van der Waals surface area (Å²) in [5.41, 5.74) is 1.95. The molecule has 0 spiro atoms. The average Bonchev–Trinajstić information content (AvgIpc) is 2.92. The van der Waals surface area contributed by atoms with Gasteiger partial charge in [0, 0.05) is 0 Å². The summed E-state index contributed by atoms with van der Waals surface area (Å²) in [6.45, 7) is 7.17. The monoisotopic (exact) mass is 222 g/mol. The molecule has 2 saturated carbocycles. The van der Waals surface area contributed by atoms with Gasteiger partial charge in [0.15, 0.2) is 0 Å². The molecular formula is C15H26O. The topological polar surface area (TPSA) is 20.2 Å². The third kappa shape index (κ3) is 1.95. The molecule has 0 amide bonds. The van der Waals surface area contributed by atoms with Gasteiger partial charge in [-0.1, -0.05) is 26.8 Å². The van der Waals surface area contributed by atoms with Crippen molar-refractivity contribution < 1.29 is 5.11 Å². The molecule has 1 heteroatoms. The second kappa shape index (κ2) is 4.52. The molecule has 0 saturated heterocycles. The van der Waals surface area contributed by atoms with Crippen LogP contribution in [0, 0.1) is 23.2 Å². The van der Waals surface area contributed by atoms with Crippen molar-refractivity contribution in [2.24, 2.45) is 23.2 Å². The van der Waals surface area contributed by atoms with E-state index in [1.165, 1.54) is 31.3 Å². The lowest BCUT2D eigenvalue weighted by Crippen LogP contribution is -2.08. The first-order chi connectivity index (χ1) is 7.64. The number of hydrogen-bond acceptors (Lipinski definition) is 1. The van der Waals surface area contributed by atoms with E-state index in [2.05, 4.69) is 26.8 Å². The molecule has 0 radical (unpaired) electrons. The summed E-state index contributed by atoms with van der Waals surface area (Å²) in [5, 5.41) is 9.15. The van der Waals surface area contributed by atoms with E-state index in [1.807, 2.05) is 0 Å². The van der Waals surface area contributed by atoms with E-state index in [9.17, 15) is 0 Å². The van der Waals surface area contributed by atoms with Crippen LogP contribution >= 0.6 is 0 Å². The van der Waals surface area contributed by atoms with Gasteiger partial charge < -0.3 is 5.11 Å². The Bertz CT molecular complexity index is 273. The SMILES string of the molecule is CCC(=CCC1CCC2(C(C)C)CC12)CO. The summed E-state index contributed by atoms with van der Waals surface area (Å²) in [5.74, 6) is 2.78. The van der Waals surface area contributed by atoms with Crippen molar-refractivity contribution in [2.45, 2.75) is 52.9 Å². The molecular weight excluding hydrogens is 196 g/mol. The van der Waals surface area contributed by atoms with Crippen molar-refractivity contribution in [1.82, 2.24) is 0 Å². The van der Waals surface area contributed by atoms with Gasteiger partial charge >= 0.3 is 0 Å². The van der Waals surface area contributed by atoms with E-state index >= 15 is 0 Å². The molecule has 2 fully saturated rings. The Hall–Kier alpha value is -0.300. The maximum Gasteiger partial charge on any atom is 0.0641 e. The highest BCUT2D eigenvalue weighted by Gasteiger charge is 2.61. The Morgan fingerprint density at radius 2 is 2.25 bits per heavy atom. The van der Waals surface area contributed by atoms with Crippen molar-refractivity contribution in [3.05, 3.63) is 11.6 Å². The van der Waals surface area contributed by atoms with E-state index in [1.54, 1.807) is 0 Å². The van der Waals surface area contributed by atoms with Crippen LogP contribution in [-0.2, 0) is 0 Å². The summed E-state index contributed by atoms with van der Waals surface area (Å²) >= 11 is 0. The van der Waals surface area contributed by atoms with Crippen LogP contribution in [0.4, 0.5) is 0 Å². The van der Waals surface area contributed by atoms with E-state index in [4.69, 9.17) is 5.11 Å². The lowest BCUT2D eigenvalue weighted by molar-refractivity contribution is 0.326. The molecule has 92 valence electrons. The smallest absolute Gasteiger partial charge is 0.0641 e. The second-order valence-corrected chi connectivity index (χ2v) is 6.11. The molecule has 2 aliphatic carbocycles. The van der Waals surface area contributed by atoms with Crippen LogP contribution in [0.1, 0.15) is 52.9 Å². The molecule has 2 aliphatic rings. The number of aliphatic hydroxyl groups is 1. The normalized spacial score (nSPS) is 37.9. The van der Waals surface area contributed by atoms with Crippen LogP contribution in [0.2, 0.25) is 0 Å². The minimum absolute atomic E-state index is 0.253. The van der Waals surface area contributed by atoms with Gasteiger partial charge in [-0.25, -0.2) is 0 Å². The van der Waals surface area contributed by atoms with Crippen molar-refractivity contribution in [3.63, 3.8) is 0 Å². The highest BCUT2D eigenvalue weighted by atomic mass is 16.3. The second-order valence-electron chi connectivity index (χ2n) is 6.11. The highest BCUT2D eigenvalue weighted by molar-refractivity contribution is 5.13. The Kier molecular flexibility index (Phi) is 3.44. The predicted octanol–water partition coefficient (Wildman–Crippen LogP) is 3.78. The van der Waals surface area contributed by atoms with Crippen LogP contribution in [0.25, 0.3) is 0 Å². The van der Waals surface area contributed by atoms with E-state index < -0.39 is 0 Å². The van der Waals surface area contributed by atoms with Crippen LogP contribution in [-0.4, -0.2) is 11.7 Å². The Morgan fingerprint density at radius 1 is 1.50 bits per heavy atom. The molecule has 0 aromatic carbocycles. The first kappa shape index (κ1) is 12.2. The van der Waals surface area contributed by atoms with Crippen LogP contribution in [0.15, 0.2) is 11.6 Å². The Balaban J connectivity index is 1.89. The molecule has 2 rings (SSSR count). The van der Waals surface area contributed by atoms with Gasteiger partial charge in [0.2, 0.25) is 0 Å². The highest BCUT2D eigenvalue weighted by Crippen LogP contribution is 2.70. The molecule has 0 heterocycles. The summed E-state index contributed by atoms with van der Waals surface area (Å²) in [6.07, 6.45) is 8.87. The first-order valence-electron chi connectivity index (χ1n) is 6.92. The quantitative estimate of drug-likeness (QED) is 0.702. The predicted molar refractivity (Wildman–Crippen MR) is 68.2 cm³/mol. The van der Waals surface area contributed by atoms with Crippen LogP contribution < -0.4 is 0 Å². The number of hydrogen-bond donors (Lipinski definition) is 1. The molecule has 0 bridgehead atoms. The molecule has 3 atom stereocenters. The molecule has 0 aromatic rings. The van der Waals surface area contributed by atoms with Gasteiger partial charge in [-0.2, -0.15) is 0 Å². The zero-order valence-corrected chi connectivity index (χ0v) is 11.0. The van der Waals surface area contributed by atoms with Crippen molar-refractivity contribution in [2.75, 3.05) is 6.61 Å². The van der Waals surface area contributed by atoms with Crippen molar-refractivity contribution in [3.8, 4) is 0 Å². The van der Waals surface area contributed by atoms with Gasteiger partial charge in [0.1, 0.15) is 0 Å². The number of aliphatic hydroxyl groups excluding tert-OH is 1. The molecule has 16 heavy (non-hydrogen) atoms. The summed E-state index contributed by atoms with van der Waals surface area (Å²) in [7, 11) is 0. The number of fused-ring (bicyclic) bond motifs is 1. The maximum absolute atomic E-state index is 9.15. The summed E-state index contributed by atoms with van der Waals surface area (Å²) in [4.78, 5) is 0. The number of allylic oxidation sites excluding steroid dienone is 1. The summed E-state index contributed by atoms with van der Waals surface area (Å²) in [6, 6.07) is 0. The zero-order chi connectivity index (χ0) is 11.8. The van der Waals surface area contributed by atoms with Gasteiger partial charge in [-0.15, -0.1) is 0 Å². The Morgan fingerprint density at radius 3 is 2.69 bits per heavy atom. The molecule has 0 aromatic heterocycles. The fraction of sp³-hybridized carbons (Fsp3) is 0.867. The van der Waals surface area contributed by atoms with Gasteiger partial charge in [-0.3, -0.25) is 0 Å². The molecule has 1 nitrogen and oxygen atoms in total. The lowest BCUT2D eigenvalue weighted by atomic mass is 9.90. The van der Waals surface area contributed by atoms with Crippen LogP contribution in [0.3, 0.4) is 0 Å². The zero-order valence-electron chi connectivity index (χ0n) is 11.0. The minimum Gasteiger partial charge on any atom is -0.392 e. The maximum atomic E-state index is 9.15. The fourth-order valence-electron chi connectivity index (χ4n) is 3.80. The molecule has 3 unspecified atom stereocenters. The average molecular weight is 222 g/mol. The van der Waals surface area contributed by atoms with Gasteiger partial charge in [-0.05, 0) is 60.8 Å². The van der Waals surface area contributed by atoms with E-state index in [-0.39, 0.29) is 6.61 Å². The lowest BCUT2D eigenvalue weighted by Gasteiger charge is -2.15. The largest absolute Gasteiger partial charge is 0.392 e. The Labute approximate surface area is 99.9 Å². The molecule has 1 N–H and O–H groups in total. The first-order valence-corrected chi connectivity index (χ1v) is 6.92. The number of rotatable bonds is 5. The summed E-state index contributed by atoms with van der Waals surface area (Å²) < 4.78 is 0.